The Morgan fingerprint density at radius 3 is 2.50 bits per heavy atom. The van der Waals surface area contributed by atoms with Crippen molar-refractivity contribution in [3.8, 4) is 17.2 Å². The first-order valence-electron chi connectivity index (χ1n) is 4.70. The predicted molar refractivity (Wildman–Crippen MR) is 77.3 cm³/mol. The SMILES string of the molecule is COc1cc(O)c(Br)c(OC(=O)N(SC)SC)c1. The van der Waals surface area contributed by atoms with E-state index in [4.69, 9.17) is 9.47 Å². The monoisotopic (exact) mass is 353 g/mol. The second-order valence-electron chi connectivity index (χ2n) is 2.95. The summed E-state index contributed by atoms with van der Waals surface area (Å²) >= 11 is 5.61. The highest BCUT2D eigenvalue weighted by Crippen LogP contribution is 2.38. The van der Waals surface area contributed by atoms with E-state index in [9.17, 15) is 9.90 Å². The van der Waals surface area contributed by atoms with Gasteiger partial charge in [0.05, 0.1) is 7.11 Å². The maximum absolute atomic E-state index is 11.8. The first-order chi connectivity index (χ1) is 8.53. The van der Waals surface area contributed by atoms with Gasteiger partial charge in [-0.05, 0) is 39.8 Å². The number of nitrogens with zero attached hydrogens (tertiary/aromatic N) is 1. The van der Waals surface area contributed by atoms with Crippen molar-refractivity contribution in [3.05, 3.63) is 16.6 Å². The largest absolute Gasteiger partial charge is 0.506 e. The van der Waals surface area contributed by atoms with Gasteiger partial charge >= 0.3 is 6.09 Å². The van der Waals surface area contributed by atoms with E-state index in [1.807, 2.05) is 0 Å². The highest BCUT2D eigenvalue weighted by Gasteiger charge is 2.18. The fourth-order valence-electron chi connectivity index (χ4n) is 1.11. The highest BCUT2D eigenvalue weighted by molar-refractivity contribution is 9.10. The molecular weight excluding hydrogens is 342 g/mol. The van der Waals surface area contributed by atoms with E-state index in [1.54, 1.807) is 12.5 Å². The van der Waals surface area contributed by atoms with Gasteiger partial charge in [0, 0.05) is 24.6 Å². The summed E-state index contributed by atoms with van der Waals surface area (Å²) in [5, 5.41) is 9.64. The highest BCUT2D eigenvalue weighted by atomic mass is 79.9. The zero-order chi connectivity index (χ0) is 13.7. The smallest absolute Gasteiger partial charge is 0.435 e. The summed E-state index contributed by atoms with van der Waals surface area (Å²) in [6, 6.07) is 2.93. The minimum atomic E-state index is -0.539. The van der Waals surface area contributed by atoms with Crippen molar-refractivity contribution >= 4 is 45.9 Å². The summed E-state index contributed by atoms with van der Waals surface area (Å²) in [6.45, 7) is 0. The first kappa shape index (κ1) is 15.3. The molecular formula is C10H12BrNO4S2. The third kappa shape index (κ3) is 3.63. The van der Waals surface area contributed by atoms with Crippen LogP contribution in [0.4, 0.5) is 4.79 Å². The Morgan fingerprint density at radius 2 is 2.00 bits per heavy atom. The number of amides is 1. The van der Waals surface area contributed by atoms with E-state index in [1.165, 1.54) is 46.8 Å². The molecule has 1 N–H and O–H groups in total. The zero-order valence-electron chi connectivity index (χ0n) is 9.97. The summed E-state index contributed by atoms with van der Waals surface area (Å²) in [6.07, 6.45) is 2.98. The lowest BCUT2D eigenvalue weighted by molar-refractivity contribution is 0.196. The molecule has 1 aromatic rings. The fraction of sp³-hybridized carbons (Fsp3) is 0.300. The Kier molecular flexibility index (Phi) is 5.97. The van der Waals surface area contributed by atoms with Crippen LogP contribution in [-0.2, 0) is 0 Å². The third-order valence-corrected chi connectivity index (χ3v) is 4.56. The molecule has 8 heteroatoms. The van der Waals surface area contributed by atoms with Crippen molar-refractivity contribution in [2.75, 3.05) is 19.6 Å². The van der Waals surface area contributed by atoms with Gasteiger partial charge in [-0.25, -0.2) is 4.79 Å². The van der Waals surface area contributed by atoms with Crippen LogP contribution in [0.5, 0.6) is 17.2 Å². The molecule has 0 fully saturated rings. The number of methoxy groups -OCH3 is 1. The Bertz CT molecular complexity index is 440. The van der Waals surface area contributed by atoms with E-state index in [2.05, 4.69) is 15.9 Å². The van der Waals surface area contributed by atoms with Crippen LogP contribution in [-0.4, -0.2) is 34.5 Å². The van der Waals surface area contributed by atoms with E-state index >= 15 is 0 Å². The molecule has 0 aliphatic heterocycles. The van der Waals surface area contributed by atoms with Gasteiger partial charge in [-0.3, -0.25) is 0 Å². The minimum Gasteiger partial charge on any atom is -0.506 e. The normalized spacial score (nSPS) is 10.0. The Hall–Kier alpha value is -0.730. The van der Waals surface area contributed by atoms with Crippen LogP contribution in [0.15, 0.2) is 16.6 Å². The van der Waals surface area contributed by atoms with Crippen molar-refractivity contribution in [2.45, 2.75) is 0 Å². The number of carbonyl (C=O) groups excluding carboxylic acids is 1. The summed E-state index contributed by atoms with van der Waals surface area (Å²) in [7, 11) is 1.46. The first-order valence-corrected chi connectivity index (χ1v) is 7.85. The molecule has 0 aliphatic carbocycles. The number of ether oxygens (including phenoxy) is 2. The lowest BCUT2D eigenvalue weighted by atomic mass is 10.3. The second-order valence-corrected chi connectivity index (χ2v) is 5.43. The van der Waals surface area contributed by atoms with E-state index < -0.39 is 6.09 Å². The van der Waals surface area contributed by atoms with E-state index in [-0.39, 0.29) is 11.5 Å². The Balaban J connectivity index is 2.96. The molecule has 0 aromatic heterocycles. The van der Waals surface area contributed by atoms with Crippen molar-refractivity contribution < 1.29 is 19.4 Å². The average Bonchev–Trinajstić information content (AvgIpc) is 2.36. The standard InChI is InChI=1S/C10H12BrNO4S2/c1-15-6-4-7(13)9(11)8(5-6)16-10(14)12(17-2)18-3/h4-5,13H,1-3H3. The lowest BCUT2D eigenvalue weighted by Crippen LogP contribution is -2.20. The molecule has 0 radical (unpaired) electrons. The number of hydrogen-bond donors (Lipinski definition) is 1. The number of halogens is 1. The Morgan fingerprint density at radius 1 is 1.39 bits per heavy atom. The van der Waals surface area contributed by atoms with Gasteiger partial charge in [-0.15, -0.1) is 0 Å². The number of phenols is 1. The molecule has 0 bridgehead atoms. The van der Waals surface area contributed by atoms with Crippen LogP contribution in [0, 0.1) is 0 Å². The van der Waals surface area contributed by atoms with E-state index in [0.29, 0.717) is 10.2 Å². The molecule has 18 heavy (non-hydrogen) atoms. The number of carbonyl (C=O) groups is 1. The number of rotatable bonds is 4. The number of benzene rings is 1. The quantitative estimate of drug-likeness (QED) is 0.835. The summed E-state index contributed by atoms with van der Waals surface area (Å²) in [5.41, 5.74) is 0. The molecule has 0 heterocycles. The summed E-state index contributed by atoms with van der Waals surface area (Å²) in [4.78, 5) is 11.8. The van der Waals surface area contributed by atoms with E-state index in [0.717, 1.165) is 0 Å². The average molecular weight is 354 g/mol. The van der Waals surface area contributed by atoms with Crippen molar-refractivity contribution in [1.29, 1.82) is 0 Å². The zero-order valence-corrected chi connectivity index (χ0v) is 13.2. The summed E-state index contributed by atoms with van der Waals surface area (Å²) in [5.74, 6) is 0.542. The molecule has 1 amide bonds. The maximum Gasteiger partial charge on any atom is 0.435 e. The molecule has 0 aliphatic rings. The van der Waals surface area contributed by atoms with Gasteiger partial charge in [0.1, 0.15) is 16.0 Å². The van der Waals surface area contributed by atoms with Crippen LogP contribution in [0.3, 0.4) is 0 Å². The molecule has 0 unspecified atom stereocenters. The topological polar surface area (TPSA) is 59.0 Å². The van der Waals surface area contributed by atoms with Gasteiger partial charge in [0.2, 0.25) is 0 Å². The van der Waals surface area contributed by atoms with Gasteiger partial charge in [-0.1, -0.05) is 0 Å². The molecule has 100 valence electrons. The molecule has 0 atom stereocenters. The number of phenolic OH excluding ortho intramolecular Hbond substituents is 1. The van der Waals surface area contributed by atoms with Gasteiger partial charge in [-0.2, -0.15) is 3.71 Å². The number of hydrogen-bond acceptors (Lipinski definition) is 6. The Labute approximate surface area is 122 Å². The van der Waals surface area contributed by atoms with Crippen molar-refractivity contribution in [3.63, 3.8) is 0 Å². The lowest BCUT2D eigenvalue weighted by Gasteiger charge is -2.16. The van der Waals surface area contributed by atoms with Crippen LogP contribution in [0.1, 0.15) is 0 Å². The molecule has 0 spiro atoms. The summed E-state index contributed by atoms with van der Waals surface area (Å²) < 4.78 is 11.8. The van der Waals surface area contributed by atoms with Gasteiger partial charge in [0.15, 0.2) is 5.75 Å². The van der Waals surface area contributed by atoms with Crippen molar-refractivity contribution in [1.82, 2.24) is 3.71 Å². The van der Waals surface area contributed by atoms with Crippen LogP contribution in [0.25, 0.3) is 0 Å². The van der Waals surface area contributed by atoms with Crippen LogP contribution < -0.4 is 9.47 Å². The predicted octanol–water partition coefficient (Wildman–Crippen LogP) is 3.52. The second kappa shape index (κ2) is 7.01. The van der Waals surface area contributed by atoms with Crippen LogP contribution in [0.2, 0.25) is 0 Å². The van der Waals surface area contributed by atoms with Gasteiger partial charge in [0.25, 0.3) is 0 Å². The van der Waals surface area contributed by atoms with Gasteiger partial charge < -0.3 is 14.6 Å². The molecule has 1 rings (SSSR count). The maximum atomic E-state index is 11.8. The number of aromatic hydroxyl groups is 1. The van der Waals surface area contributed by atoms with Crippen molar-refractivity contribution in [2.24, 2.45) is 0 Å². The molecule has 5 nitrogen and oxygen atoms in total. The fourth-order valence-corrected chi connectivity index (χ4v) is 2.38. The minimum absolute atomic E-state index is 0.0583. The third-order valence-electron chi connectivity index (χ3n) is 1.91. The molecule has 0 saturated carbocycles. The molecule has 1 aromatic carbocycles. The van der Waals surface area contributed by atoms with Crippen LogP contribution >= 0.6 is 39.8 Å². The molecule has 0 saturated heterocycles.